The van der Waals surface area contributed by atoms with E-state index in [0.717, 1.165) is 19.1 Å². The van der Waals surface area contributed by atoms with Crippen LogP contribution >= 0.6 is 0 Å². The summed E-state index contributed by atoms with van der Waals surface area (Å²) < 4.78 is 0. The maximum absolute atomic E-state index is 3.63. The van der Waals surface area contributed by atoms with E-state index in [1.807, 2.05) is 0 Å². The Labute approximate surface area is 118 Å². The van der Waals surface area contributed by atoms with Gasteiger partial charge in [-0.05, 0) is 36.8 Å². The van der Waals surface area contributed by atoms with Crippen LogP contribution in [0.1, 0.15) is 44.7 Å². The number of hydrogen-bond acceptors (Lipinski definition) is 2. The van der Waals surface area contributed by atoms with Crippen molar-refractivity contribution >= 4 is 5.69 Å². The van der Waals surface area contributed by atoms with E-state index in [0.29, 0.717) is 5.41 Å². The average molecular weight is 260 g/mol. The lowest BCUT2D eigenvalue weighted by Gasteiger charge is -2.30. The van der Waals surface area contributed by atoms with Crippen LogP contribution in [0, 0.1) is 12.3 Å². The predicted molar refractivity (Wildman–Crippen MR) is 83.8 cm³/mol. The van der Waals surface area contributed by atoms with E-state index in [1.165, 1.54) is 29.7 Å². The zero-order valence-corrected chi connectivity index (χ0v) is 13.1. The molecule has 1 fully saturated rings. The molecule has 0 heterocycles. The third kappa shape index (κ3) is 4.54. The molecule has 19 heavy (non-hydrogen) atoms. The maximum atomic E-state index is 3.63. The summed E-state index contributed by atoms with van der Waals surface area (Å²) in [6, 6.07) is 7.57. The van der Waals surface area contributed by atoms with Gasteiger partial charge in [-0.1, -0.05) is 38.5 Å². The summed E-state index contributed by atoms with van der Waals surface area (Å²) in [4.78, 5) is 2.39. The fourth-order valence-corrected chi connectivity index (χ4v) is 2.57. The lowest BCUT2D eigenvalue weighted by atomic mass is 9.95. The quantitative estimate of drug-likeness (QED) is 0.868. The molecule has 1 saturated carbocycles. The van der Waals surface area contributed by atoms with E-state index >= 15 is 0 Å². The lowest BCUT2D eigenvalue weighted by molar-refractivity contribution is 0.418. The summed E-state index contributed by atoms with van der Waals surface area (Å²) in [7, 11) is 2.20. The highest BCUT2D eigenvalue weighted by atomic mass is 15.1. The van der Waals surface area contributed by atoms with Crippen molar-refractivity contribution in [3.8, 4) is 0 Å². The molecule has 0 saturated heterocycles. The van der Waals surface area contributed by atoms with Crippen LogP contribution in [0.3, 0.4) is 0 Å². The van der Waals surface area contributed by atoms with Crippen molar-refractivity contribution in [2.24, 2.45) is 5.41 Å². The SMILES string of the molecule is Cc1ccc(N(C)CC(C)(C)C)c(CNC2CC2)c1. The first-order valence-corrected chi connectivity index (χ1v) is 7.39. The highest BCUT2D eigenvalue weighted by Gasteiger charge is 2.21. The molecule has 0 atom stereocenters. The topological polar surface area (TPSA) is 15.3 Å². The summed E-state index contributed by atoms with van der Waals surface area (Å²) in [6.45, 7) is 11.1. The number of nitrogens with zero attached hydrogens (tertiary/aromatic N) is 1. The first kappa shape index (κ1) is 14.4. The summed E-state index contributed by atoms with van der Waals surface area (Å²) >= 11 is 0. The molecular formula is C17H28N2. The Bertz CT molecular complexity index is 427. The van der Waals surface area contributed by atoms with E-state index in [-0.39, 0.29) is 0 Å². The van der Waals surface area contributed by atoms with Gasteiger partial charge in [-0.15, -0.1) is 0 Å². The minimum absolute atomic E-state index is 0.320. The summed E-state index contributed by atoms with van der Waals surface area (Å²) in [5.74, 6) is 0. The molecule has 106 valence electrons. The lowest BCUT2D eigenvalue weighted by Crippen LogP contribution is -2.30. The van der Waals surface area contributed by atoms with Crippen molar-refractivity contribution in [1.82, 2.24) is 5.32 Å². The molecule has 0 unspecified atom stereocenters. The maximum Gasteiger partial charge on any atom is 0.0409 e. The molecule has 1 aromatic rings. The van der Waals surface area contributed by atoms with Crippen molar-refractivity contribution in [2.45, 2.75) is 53.1 Å². The van der Waals surface area contributed by atoms with Crippen LogP contribution in [-0.4, -0.2) is 19.6 Å². The third-order valence-electron chi connectivity index (χ3n) is 3.52. The highest BCUT2D eigenvalue weighted by molar-refractivity contribution is 5.54. The number of hydrogen-bond donors (Lipinski definition) is 1. The van der Waals surface area contributed by atoms with Gasteiger partial charge < -0.3 is 10.2 Å². The molecule has 0 bridgehead atoms. The molecule has 1 aromatic carbocycles. The molecule has 2 nitrogen and oxygen atoms in total. The van der Waals surface area contributed by atoms with Gasteiger partial charge in [0.25, 0.3) is 0 Å². The molecule has 0 aliphatic heterocycles. The number of rotatable bonds is 5. The summed E-state index contributed by atoms with van der Waals surface area (Å²) in [5, 5.41) is 3.63. The Morgan fingerprint density at radius 2 is 1.95 bits per heavy atom. The molecule has 0 radical (unpaired) electrons. The summed E-state index contributed by atoms with van der Waals surface area (Å²) in [6.07, 6.45) is 2.69. The Balaban J connectivity index is 2.12. The monoisotopic (exact) mass is 260 g/mol. The molecular weight excluding hydrogens is 232 g/mol. The van der Waals surface area contributed by atoms with Gasteiger partial charge in [0.15, 0.2) is 0 Å². The summed E-state index contributed by atoms with van der Waals surface area (Å²) in [5.41, 5.74) is 4.47. The fourth-order valence-electron chi connectivity index (χ4n) is 2.57. The molecule has 0 spiro atoms. The van der Waals surface area contributed by atoms with E-state index in [9.17, 15) is 0 Å². The Kier molecular flexibility index (Phi) is 4.19. The van der Waals surface area contributed by atoms with Crippen LogP contribution < -0.4 is 10.2 Å². The molecule has 1 aliphatic carbocycles. The number of benzene rings is 1. The largest absolute Gasteiger partial charge is 0.374 e. The molecule has 2 heteroatoms. The van der Waals surface area contributed by atoms with Crippen molar-refractivity contribution in [3.63, 3.8) is 0 Å². The zero-order chi connectivity index (χ0) is 14.0. The van der Waals surface area contributed by atoms with Crippen molar-refractivity contribution in [3.05, 3.63) is 29.3 Å². The van der Waals surface area contributed by atoms with Crippen LogP contribution in [0.25, 0.3) is 0 Å². The zero-order valence-electron chi connectivity index (χ0n) is 13.1. The van der Waals surface area contributed by atoms with Gasteiger partial charge >= 0.3 is 0 Å². The molecule has 1 N–H and O–H groups in total. The predicted octanol–water partition coefficient (Wildman–Crippen LogP) is 3.73. The standard InChI is InChI=1S/C17H28N2/c1-13-6-9-16(19(5)12-17(2,3)4)14(10-13)11-18-15-7-8-15/h6,9-10,15,18H,7-8,11-12H2,1-5H3. The molecule has 1 aliphatic rings. The number of aryl methyl sites for hydroxylation is 1. The van der Waals surface area contributed by atoms with Gasteiger partial charge in [0, 0.05) is 31.9 Å². The second-order valence-corrected chi connectivity index (χ2v) is 7.20. The van der Waals surface area contributed by atoms with E-state index in [1.54, 1.807) is 0 Å². The van der Waals surface area contributed by atoms with Crippen LogP contribution in [0.4, 0.5) is 5.69 Å². The minimum atomic E-state index is 0.320. The van der Waals surface area contributed by atoms with Gasteiger partial charge in [-0.2, -0.15) is 0 Å². The van der Waals surface area contributed by atoms with Gasteiger partial charge in [0.05, 0.1) is 0 Å². The Morgan fingerprint density at radius 3 is 2.53 bits per heavy atom. The van der Waals surface area contributed by atoms with Crippen molar-refractivity contribution in [1.29, 1.82) is 0 Å². The van der Waals surface area contributed by atoms with Crippen molar-refractivity contribution < 1.29 is 0 Å². The Morgan fingerprint density at radius 1 is 1.26 bits per heavy atom. The molecule has 0 aromatic heterocycles. The number of nitrogens with one attached hydrogen (secondary N) is 1. The third-order valence-corrected chi connectivity index (χ3v) is 3.52. The number of anilines is 1. The van der Waals surface area contributed by atoms with E-state index < -0.39 is 0 Å². The van der Waals surface area contributed by atoms with Gasteiger partial charge in [0.1, 0.15) is 0 Å². The normalized spacial score (nSPS) is 15.6. The molecule has 0 amide bonds. The van der Waals surface area contributed by atoms with Crippen LogP contribution in [0.5, 0.6) is 0 Å². The van der Waals surface area contributed by atoms with Crippen molar-refractivity contribution in [2.75, 3.05) is 18.5 Å². The highest BCUT2D eigenvalue weighted by Crippen LogP contribution is 2.26. The molecule has 2 rings (SSSR count). The first-order valence-electron chi connectivity index (χ1n) is 7.39. The van der Waals surface area contributed by atoms with Gasteiger partial charge in [-0.3, -0.25) is 0 Å². The van der Waals surface area contributed by atoms with Crippen LogP contribution in [0.15, 0.2) is 18.2 Å². The van der Waals surface area contributed by atoms with Gasteiger partial charge in [-0.25, -0.2) is 0 Å². The van der Waals surface area contributed by atoms with Gasteiger partial charge in [0.2, 0.25) is 0 Å². The fraction of sp³-hybridized carbons (Fsp3) is 0.647. The second kappa shape index (κ2) is 5.54. The van der Waals surface area contributed by atoms with E-state index in [2.05, 4.69) is 63.2 Å². The second-order valence-electron chi connectivity index (χ2n) is 7.20. The smallest absolute Gasteiger partial charge is 0.0409 e. The average Bonchev–Trinajstić information content (AvgIpc) is 3.07. The van der Waals surface area contributed by atoms with Crippen LogP contribution in [0.2, 0.25) is 0 Å². The minimum Gasteiger partial charge on any atom is -0.374 e. The van der Waals surface area contributed by atoms with E-state index in [4.69, 9.17) is 0 Å². The Hall–Kier alpha value is -1.02. The van der Waals surface area contributed by atoms with Crippen LogP contribution in [-0.2, 0) is 6.54 Å². The first-order chi connectivity index (χ1) is 8.85.